The van der Waals surface area contributed by atoms with Gasteiger partial charge in [-0.05, 0) is 17.7 Å². The highest BCUT2D eigenvalue weighted by molar-refractivity contribution is 7.09. The van der Waals surface area contributed by atoms with Gasteiger partial charge in [-0.25, -0.2) is 9.37 Å². The first kappa shape index (κ1) is 13.2. The Hall–Kier alpha value is -1.20. The molecule has 0 aliphatic rings. The number of nitrogens with zero attached hydrogens (tertiary/aromatic N) is 3. The molecule has 6 heteroatoms. The molecule has 2 aromatic rings. The molecule has 0 aliphatic carbocycles. The van der Waals surface area contributed by atoms with Crippen molar-refractivity contribution >= 4 is 28.3 Å². The van der Waals surface area contributed by atoms with Gasteiger partial charge in [0.2, 0.25) is 5.13 Å². The fraction of sp³-hybridized carbons (Fsp3) is 0.333. The summed E-state index contributed by atoms with van der Waals surface area (Å²) in [6.07, 6.45) is 0.819. The van der Waals surface area contributed by atoms with Crippen molar-refractivity contribution in [1.82, 2.24) is 9.36 Å². The van der Waals surface area contributed by atoms with Crippen molar-refractivity contribution in [3.05, 3.63) is 40.4 Å². The predicted molar refractivity (Wildman–Crippen MR) is 72.8 cm³/mol. The van der Waals surface area contributed by atoms with Gasteiger partial charge in [0.25, 0.3) is 0 Å². The van der Waals surface area contributed by atoms with Crippen LogP contribution in [0.3, 0.4) is 0 Å². The Balaban J connectivity index is 2.10. The summed E-state index contributed by atoms with van der Waals surface area (Å²) in [6.45, 7) is 2.59. The quantitative estimate of drug-likeness (QED) is 0.860. The molecule has 0 aliphatic heterocycles. The molecule has 0 unspecified atom stereocenters. The zero-order valence-corrected chi connectivity index (χ0v) is 11.7. The fourth-order valence-electron chi connectivity index (χ4n) is 1.52. The maximum atomic E-state index is 13.3. The number of rotatable bonds is 4. The maximum Gasteiger partial charge on any atom is 0.205 e. The number of hydrogen-bond acceptors (Lipinski definition) is 4. The van der Waals surface area contributed by atoms with Crippen molar-refractivity contribution in [2.75, 3.05) is 11.9 Å². The van der Waals surface area contributed by atoms with Gasteiger partial charge in [0.05, 0.1) is 5.02 Å². The second kappa shape index (κ2) is 5.63. The first-order valence-electron chi connectivity index (χ1n) is 5.57. The van der Waals surface area contributed by atoms with Crippen LogP contribution in [-0.2, 0) is 13.0 Å². The number of anilines is 1. The van der Waals surface area contributed by atoms with Crippen molar-refractivity contribution in [3.63, 3.8) is 0 Å². The average molecular weight is 286 g/mol. The first-order chi connectivity index (χ1) is 8.60. The van der Waals surface area contributed by atoms with E-state index < -0.39 is 5.82 Å². The first-order valence-corrected chi connectivity index (χ1v) is 6.73. The van der Waals surface area contributed by atoms with Crippen LogP contribution in [0.5, 0.6) is 0 Å². The minimum absolute atomic E-state index is 0.144. The van der Waals surface area contributed by atoms with E-state index in [-0.39, 0.29) is 5.02 Å². The fourth-order valence-corrected chi connectivity index (χ4v) is 2.35. The molecule has 0 saturated heterocycles. The Labute approximate surface area is 114 Å². The Morgan fingerprint density at radius 2 is 2.22 bits per heavy atom. The highest BCUT2D eigenvalue weighted by Gasteiger charge is 2.09. The summed E-state index contributed by atoms with van der Waals surface area (Å²) in [6, 6.07) is 4.82. The van der Waals surface area contributed by atoms with Gasteiger partial charge in [-0.1, -0.05) is 24.6 Å². The van der Waals surface area contributed by atoms with Crippen LogP contribution < -0.4 is 4.90 Å². The SMILES string of the molecule is CCc1nsc(N(C)Cc2ccc(Cl)c(F)c2)n1. The molecule has 0 saturated carbocycles. The highest BCUT2D eigenvalue weighted by Crippen LogP contribution is 2.20. The third kappa shape index (κ3) is 2.97. The van der Waals surface area contributed by atoms with Gasteiger partial charge in [-0.3, -0.25) is 0 Å². The Morgan fingerprint density at radius 1 is 1.44 bits per heavy atom. The summed E-state index contributed by atoms with van der Waals surface area (Å²) >= 11 is 7.00. The Morgan fingerprint density at radius 3 is 2.83 bits per heavy atom. The van der Waals surface area contributed by atoms with E-state index in [1.165, 1.54) is 17.6 Å². The summed E-state index contributed by atoms with van der Waals surface area (Å²) < 4.78 is 17.5. The molecular weight excluding hydrogens is 273 g/mol. The predicted octanol–water partition coefficient (Wildman–Crippen LogP) is 3.53. The highest BCUT2D eigenvalue weighted by atomic mass is 35.5. The van der Waals surface area contributed by atoms with Crippen LogP contribution in [0.1, 0.15) is 18.3 Å². The normalized spacial score (nSPS) is 10.7. The van der Waals surface area contributed by atoms with E-state index >= 15 is 0 Å². The number of benzene rings is 1. The summed E-state index contributed by atoms with van der Waals surface area (Å²) in [7, 11) is 1.91. The third-order valence-corrected chi connectivity index (χ3v) is 3.68. The van der Waals surface area contributed by atoms with Crippen molar-refractivity contribution in [2.45, 2.75) is 19.9 Å². The summed E-state index contributed by atoms with van der Waals surface area (Å²) in [5.41, 5.74) is 0.854. The molecule has 0 amide bonds. The van der Waals surface area contributed by atoms with E-state index in [1.54, 1.807) is 6.07 Å². The lowest BCUT2D eigenvalue weighted by molar-refractivity contribution is 0.625. The van der Waals surface area contributed by atoms with E-state index in [9.17, 15) is 4.39 Å². The molecule has 1 aromatic heterocycles. The molecule has 0 N–H and O–H groups in total. The topological polar surface area (TPSA) is 29.0 Å². The smallest absolute Gasteiger partial charge is 0.205 e. The molecule has 0 atom stereocenters. The second-order valence-corrected chi connectivity index (χ2v) is 5.09. The molecule has 0 radical (unpaired) electrons. The third-order valence-electron chi connectivity index (χ3n) is 2.50. The number of hydrogen-bond donors (Lipinski definition) is 0. The van der Waals surface area contributed by atoms with Gasteiger partial charge < -0.3 is 4.90 Å². The Bertz CT molecular complexity index is 544. The molecule has 0 bridgehead atoms. The minimum atomic E-state index is -0.394. The van der Waals surface area contributed by atoms with E-state index in [1.807, 2.05) is 24.9 Å². The van der Waals surface area contributed by atoms with Gasteiger partial charge in [-0.15, -0.1) is 0 Å². The molecular formula is C12H13ClFN3S. The van der Waals surface area contributed by atoms with Crippen molar-refractivity contribution in [3.8, 4) is 0 Å². The number of aromatic nitrogens is 2. The minimum Gasteiger partial charge on any atom is -0.346 e. The summed E-state index contributed by atoms with van der Waals surface area (Å²) in [5.74, 6) is 0.443. The molecule has 1 heterocycles. The molecule has 2 rings (SSSR count). The lowest BCUT2D eigenvalue weighted by Crippen LogP contribution is -2.16. The van der Waals surface area contributed by atoms with E-state index in [2.05, 4.69) is 9.36 Å². The van der Waals surface area contributed by atoms with E-state index in [0.29, 0.717) is 6.54 Å². The Kier molecular flexibility index (Phi) is 4.14. The number of halogens is 2. The standard InChI is InChI=1S/C12H13ClFN3S/c1-3-11-15-12(18-16-11)17(2)7-8-4-5-9(13)10(14)6-8/h4-6H,3,7H2,1-2H3. The second-order valence-electron chi connectivity index (χ2n) is 3.95. The van der Waals surface area contributed by atoms with Gasteiger partial charge in [-0.2, -0.15) is 4.37 Å². The summed E-state index contributed by atoms with van der Waals surface area (Å²) in [4.78, 5) is 6.32. The molecule has 3 nitrogen and oxygen atoms in total. The summed E-state index contributed by atoms with van der Waals surface area (Å²) in [5, 5.41) is 0.979. The lowest BCUT2D eigenvalue weighted by atomic mass is 10.2. The van der Waals surface area contributed by atoms with E-state index in [0.717, 1.165) is 22.9 Å². The molecule has 0 fully saturated rings. The zero-order chi connectivity index (χ0) is 13.1. The molecule has 1 aromatic carbocycles. The van der Waals surface area contributed by atoms with Crippen LogP contribution in [0.15, 0.2) is 18.2 Å². The van der Waals surface area contributed by atoms with Crippen LogP contribution >= 0.6 is 23.1 Å². The van der Waals surface area contributed by atoms with Gasteiger partial charge >= 0.3 is 0 Å². The number of aryl methyl sites for hydroxylation is 1. The largest absolute Gasteiger partial charge is 0.346 e. The maximum absolute atomic E-state index is 13.3. The van der Waals surface area contributed by atoms with Crippen molar-refractivity contribution in [1.29, 1.82) is 0 Å². The van der Waals surface area contributed by atoms with Crippen LogP contribution in [0.25, 0.3) is 0 Å². The monoisotopic (exact) mass is 285 g/mol. The van der Waals surface area contributed by atoms with Gasteiger partial charge in [0.1, 0.15) is 11.6 Å². The lowest BCUT2D eigenvalue weighted by Gasteiger charge is -2.15. The van der Waals surface area contributed by atoms with Gasteiger partial charge in [0, 0.05) is 31.5 Å². The van der Waals surface area contributed by atoms with Crippen LogP contribution in [0, 0.1) is 5.82 Å². The van der Waals surface area contributed by atoms with Crippen LogP contribution in [-0.4, -0.2) is 16.4 Å². The molecule has 18 heavy (non-hydrogen) atoms. The van der Waals surface area contributed by atoms with Gasteiger partial charge in [0.15, 0.2) is 0 Å². The molecule has 0 spiro atoms. The van der Waals surface area contributed by atoms with Crippen LogP contribution in [0.2, 0.25) is 5.02 Å². The van der Waals surface area contributed by atoms with Crippen LogP contribution in [0.4, 0.5) is 9.52 Å². The average Bonchev–Trinajstić information content (AvgIpc) is 2.82. The van der Waals surface area contributed by atoms with Crippen molar-refractivity contribution in [2.24, 2.45) is 0 Å². The van der Waals surface area contributed by atoms with Crippen molar-refractivity contribution < 1.29 is 4.39 Å². The zero-order valence-electron chi connectivity index (χ0n) is 10.2. The van der Waals surface area contributed by atoms with E-state index in [4.69, 9.17) is 11.6 Å². The molecule has 96 valence electrons.